The van der Waals surface area contributed by atoms with Crippen molar-refractivity contribution < 1.29 is 19.1 Å². The van der Waals surface area contributed by atoms with Crippen LogP contribution in [0.1, 0.15) is 125 Å². The first-order chi connectivity index (χ1) is 18.0. The van der Waals surface area contributed by atoms with E-state index >= 15 is 0 Å². The van der Waals surface area contributed by atoms with Gasteiger partial charge in [0.25, 0.3) is 0 Å². The Hall–Kier alpha value is -1.57. The van der Waals surface area contributed by atoms with Gasteiger partial charge in [-0.25, -0.2) is 0 Å². The average molecular weight is 528 g/mol. The summed E-state index contributed by atoms with van der Waals surface area (Å²) in [5.74, 6) is 4.13. The molecule has 0 spiro atoms. The minimum Gasteiger partial charge on any atom is -0.465 e. The number of nitrogens with zero attached hydrogens (tertiary/aromatic N) is 1. The zero-order valence-corrected chi connectivity index (χ0v) is 25.0. The first kappa shape index (κ1) is 29.4. The molecule has 5 nitrogen and oxygen atoms in total. The predicted octanol–water partition coefficient (Wildman–Crippen LogP) is 7.87. The van der Waals surface area contributed by atoms with Gasteiger partial charge in [0.2, 0.25) is 0 Å². The van der Waals surface area contributed by atoms with E-state index in [1.165, 1.54) is 44.9 Å². The number of carbonyl (C=O) groups is 2. The zero-order valence-electron chi connectivity index (χ0n) is 25.0. The largest absolute Gasteiger partial charge is 0.465 e. The van der Waals surface area contributed by atoms with E-state index in [0.717, 1.165) is 43.4 Å². The lowest BCUT2D eigenvalue weighted by atomic mass is 9.44. The molecule has 4 aliphatic carbocycles. The van der Waals surface area contributed by atoms with Gasteiger partial charge < -0.3 is 9.47 Å². The summed E-state index contributed by atoms with van der Waals surface area (Å²) in [6.45, 7) is 13.8. The number of hydrogen-bond donors (Lipinski definition) is 0. The van der Waals surface area contributed by atoms with Gasteiger partial charge in [-0.1, -0.05) is 27.7 Å². The zero-order chi connectivity index (χ0) is 27.7. The average Bonchev–Trinajstić information content (AvgIpc) is 3.25. The standard InChI is InChI=1S/C33H53NO4/c1-7-31(3,4)30(36)38-24-15-17-32(5)23(21-24)10-11-25-27-13-12-26(33(27,6)18-16-28(25)32)22(2)9-14-29(35)37-20-8-19-34/h22-28H,7-18,20-21H2,1-6H3. The first-order valence-electron chi connectivity index (χ1n) is 15.7. The lowest BCUT2D eigenvalue weighted by Crippen LogP contribution is -2.54. The van der Waals surface area contributed by atoms with Crippen LogP contribution in [0.4, 0.5) is 0 Å². The predicted molar refractivity (Wildman–Crippen MR) is 149 cm³/mol. The van der Waals surface area contributed by atoms with Crippen LogP contribution in [0.3, 0.4) is 0 Å². The van der Waals surface area contributed by atoms with Gasteiger partial charge in [0.05, 0.1) is 17.9 Å². The van der Waals surface area contributed by atoms with E-state index in [2.05, 4.69) is 27.7 Å². The van der Waals surface area contributed by atoms with Crippen molar-refractivity contribution in [3.05, 3.63) is 0 Å². The summed E-state index contributed by atoms with van der Waals surface area (Å²) in [7, 11) is 0. The van der Waals surface area contributed by atoms with E-state index in [1.54, 1.807) is 0 Å². The summed E-state index contributed by atoms with van der Waals surface area (Å²) >= 11 is 0. The number of nitriles is 1. The second-order valence-electron chi connectivity index (χ2n) is 14.6. The summed E-state index contributed by atoms with van der Waals surface area (Å²) < 4.78 is 11.3. The summed E-state index contributed by atoms with van der Waals surface area (Å²) in [5, 5.41) is 8.66. The van der Waals surface area contributed by atoms with E-state index in [9.17, 15) is 9.59 Å². The topological polar surface area (TPSA) is 76.4 Å². The van der Waals surface area contributed by atoms with Crippen molar-refractivity contribution in [3.8, 4) is 6.07 Å². The quantitative estimate of drug-likeness (QED) is 0.225. The summed E-state index contributed by atoms with van der Waals surface area (Å²) in [6.07, 6.45) is 13.7. The molecular weight excluding hydrogens is 474 g/mol. The van der Waals surface area contributed by atoms with Crippen molar-refractivity contribution in [1.29, 1.82) is 5.26 Å². The van der Waals surface area contributed by atoms with E-state index in [1.807, 2.05) is 19.9 Å². The Morgan fingerprint density at radius 2 is 1.74 bits per heavy atom. The lowest BCUT2D eigenvalue weighted by molar-refractivity contribution is -0.171. The Morgan fingerprint density at radius 1 is 1.03 bits per heavy atom. The van der Waals surface area contributed by atoms with Crippen molar-refractivity contribution in [2.24, 2.45) is 51.8 Å². The summed E-state index contributed by atoms with van der Waals surface area (Å²) in [5.41, 5.74) is 0.372. The van der Waals surface area contributed by atoms with Crippen LogP contribution in [-0.4, -0.2) is 24.6 Å². The molecule has 4 saturated carbocycles. The molecule has 0 heterocycles. The molecule has 4 fully saturated rings. The molecule has 4 rings (SSSR count). The third kappa shape index (κ3) is 5.53. The number of ether oxygens (including phenoxy) is 2. The highest BCUT2D eigenvalue weighted by Gasteiger charge is 2.60. The SMILES string of the molecule is CCC(C)(C)C(=O)OC1CCC2(C)C(CCC3C2CCC2(C)C(C(C)CCC(=O)OCCC#N)CCC32)C1. The van der Waals surface area contributed by atoms with E-state index in [4.69, 9.17) is 14.7 Å². The number of fused-ring (bicyclic) bond motifs is 5. The molecule has 9 atom stereocenters. The minimum absolute atomic E-state index is 0.0164. The molecule has 0 bridgehead atoms. The molecule has 214 valence electrons. The normalized spacial score (nSPS) is 39.2. The number of carbonyl (C=O) groups excluding carboxylic acids is 2. The smallest absolute Gasteiger partial charge is 0.311 e. The van der Waals surface area contributed by atoms with Crippen LogP contribution in [0, 0.1) is 63.1 Å². The maximum Gasteiger partial charge on any atom is 0.311 e. The third-order valence-corrected chi connectivity index (χ3v) is 12.4. The molecule has 38 heavy (non-hydrogen) atoms. The van der Waals surface area contributed by atoms with E-state index < -0.39 is 0 Å². The Labute approximate surface area is 231 Å². The number of rotatable bonds is 9. The third-order valence-electron chi connectivity index (χ3n) is 12.4. The van der Waals surface area contributed by atoms with Crippen molar-refractivity contribution in [1.82, 2.24) is 0 Å². The van der Waals surface area contributed by atoms with Crippen LogP contribution in [0.15, 0.2) is 0 Å². The van der Waals surface area contributed by atoms with Crippen molar-refractivity contribution in [2.75, 3.05) is 6.61 Å². The van der Waals surface area contributed by atoms with Gasteiger partial charge in [0, 0.05) is 6.42 Å². The van der Waals surface area contributed by atoms with Gasteiger partial charge in [-0.05, 0) is 131 Å². The molecule has 0 N–H and O–H groups in total. The Balaban J connectivity index is 1.36. The highest BCUT2D eigenvalue weighted by molar-refractivity contribution is 5.76. The fourth-order valence-electron chi connectivity index (χ4n) is 9.59. The fourth-order valence-corrected chi connectivity index (χ4v) is 9.59. The van der Waals surface area contributed by atoms with Crippen LogP contribution in [0.2, 0.25) is 0 Å². The molecule has 0 aromatic rings. The molecule has 0 aliphatic heterocycles. The van der Waals surface area contributed by atoms with E-state index in [0.29, 0.717) is 35.0 Å². The van der Waals surface area contributed by atoms with Crippen molar-refractivity contribution in [2.45, 2.75) is 131 Å². The molecule has 9 unspecified atom stereocenters. The summed E-state index contributed by atoms with van der Waals surface area (Å²) in [6, 6.07) is 2.03. The van der Waals surface area contributed by atoms with Gasteiger partial charge in [-0.2, -0.15) is 5.26 Å². The number of esters is 2. The molecule has 0 saturated heterocycles. The van der Waals surface area contributed by atoms with Crippen LogP contribution >= 0.6 is 0 Å². The second-order valence-corrected chi connectivity index (χ2v) is 14.6. The maximum absolute atomic E-state index is 12.8. The Morgan fingerprint density at radius 3 is 2.45 bits per heavy atom. The van der Waals surface area contributed by atoms with Crippen LogP contribution < -0.4 is 0 Å². The highest BCUT2D eigenvalue weighted by Crippen LogP contribution is 2.68. The lowest BCUT2D eigenvalue weighted by Gasteiger charge is -2.61. The van der Waals surface area contributed by atoms with Gasteiger partial charge >= 0.3 is 11.9 Å². The molecule has 0 amide bonds. The molecular formula is C33H53NO4. The Bertz CT molecular complexity index is 907. The van der Waals surface area contributed by atoms with Crippen LogP contribution in [0.5, 0.6) is 0 Å². The van der Waals surface area contributed by atoms with Crippen LogP contribution in [0.25, 0.3) is 0 Å². The van der Waals surface area contributed by atoms with Gasteiger partial charge in [-0.15, -0.1) is 0 Å². The van der Waals surface area contributed by atoms with Gasteiger partial charge in [0.1, 0.15) is 12.7 Å². The Kier molecular flexibility index (Phi) is 8.90. The summed E-state index contributed by atoms with van der Waals surface area (Å²) in [4.78, 5) is 24.9. The second kappa shape index (κ2) is 11.5. The molecule has 5 heteroatoms. The molecule has 4 aliphatic rings. The van der Waals surface area contributed by atoms with Crippen molar-refractivity contribution >= 4 is 11.9 Å². The molecule has 0 radical (unpaired) electrons. The number of hydrogen-bond acceptors (Lipinski definition) is 5. The van der Waals surface area contributed by atoms with Crippen molar-refractivity contribution in [3.63, 3.8) is 0 Å². The maximum atomic E-state index is 12.8. The van der Waals surface area contributed by atoms with E-state index in [-0.39, 0.29) is 36.5 Å². The van der Waals surface area contributed by atoms with Gasteiger partial charge in [-0.3, -0.25) is 9.59 Å². The first-order valence-corrected chi connectivity index (χ1v) is 15.7. The minimum atomic E-state index is -0.389. The monoisotopic (exact) mass is 527 g/mol. The molecule has 0 aromatic heterocycles. The van der Waals surface area contributed by atoms with Crippen LogP contribution in [-0.2, 0) is 19.1 Å². The fraction of sp³-hybridized carbons (Fsp3) is 0.909. The highest BCUT2D eigenvalue weighted by atomic mass is 16.5. The van der Waals surface area contributed by atoms with Gasteiger partial charge in [0.15, 0.2) is 0 Å². The molecule has 0 aromatic carbocycles.